The van der Waals surface area contributed by atoms with Crippen molar-refractivity contribution in [2.24, 2.45) is 0 Å². The van der Waals surface area contributed by atoms with Crippen molar-refractivity contribution in [1.82, 2.24) is 14.3 Å². The molecule has 1 fully saturated rings. The van der Waals surface area contributed by atoms with E-state index in [1.807, 2.05) is 4.90 Å². The molecule has 1 saturated heterocycles. The minimum atomic E-state index is -3.69. The van der Waals surface area contributed by atoms with Crippen LogP contribution in [0.5, 0.6) is 0 Å². The van der Waals surface area contributed by atoms with Gasteiger partial charge in [0.25, 0.3) is 0 Å². The summed E-state index contributed by atoms with van der Waals surface area (Å²) in [4.78, 5) is 10.4. The van der Waals surface area contributed by atoms with Gasteiger partial charge in [-0.1, -0.05) is 0 Å². The number of anilines is 1. The predicted octanol–water partition coefficient (Wildman–Crippen LogP) is 2.42. The average Bonchev–Trinajstić information content (AvgIpc) is 2.68. The van der Waals surface area contributed by atoms with Crippen molar-refractivity contribution in [3.8, 4) is 0 Å². The summed E-state index contributed by atoms with van der Waals surface area (Å²) in [7, 11) is -3.69. The highest BCUT2D eigenvalue weighted by atomic mass is 32.2. The Kier molecular flexibility index (Phi) is 4.48. The van der Waals surface area contributed by atoms with E-state index in [0.29, 0.717) is 29.8 Å². The molecule has 6 nitrogen and oxygen atoms in total. The van der Waals surface area contributed by atoms with Crippen LogP contribution in [0.3, 0.4) is 0 Å². The van der Waals surface area contributed by atoms with Crippen molar-refractivity contribution >= 4 is 26.7 Å². The molecule has 140 valence electrons. The standard InChI is InChI=1S/C18H16F2N4O2S/c19-13-1-4-15(5-2-13)27(25,26)24-9-7-23(8-10-24)18-16-11-14(20)3-6-17(16)21-12-22-18/h1-6,11-12H,7-10H2. The van der Waals surface area contributed by atoms with E-state index < -0.39 is 15.8 Å². The fourth-order valence-electron chi connectivity index (χ4n) is 3.16. The number of fused-ring (bicyclic) bond motifs is 1. The van der Waals surface area contributed by atoms with Crippen LogP contribution in [0.15, 0.2) is 53.7 Å². The highest BCUT2D eigenvalue weighted by Crippen LogP contribution is 2.26. The molecular formula is C18H16F2N4O2S. The quantitative estimate of drug-likeness (QED) is 0.687. The van der Waals surface area contributed by atoms with Gasteiger partial charge in [0.1, 0.15) is 23.8 Å². The Balaban J connectivity index is 1.56. The first-order valence-electron chi connectivity index (χ1n) is 8.36. The third-order valence-corrected chi connectivity index (χ3v) is 6.48. The molecule has 0 spiro atoms. The van der Waals surface area contributed by atoms with Crippen LogP contribution in [0.1, 0.15) is 0 Å². The first-order valence-corrected chi connectivity index (χ1v) is 9.80. The Labute approximate surface area is 155 Å². The molecule has 2 heterocycles. The molecular weight excluding hydrogens is 374 g/mol. The van der Waals surface area contributed by atoms with Gasteiger partial charge in [-0.25, -0.2) is 27.2 Å². The summed E-state index contributed by atoms with van der Waals surface area (Å²) in [6, 6.07) is 9.09. The van der Waals surface area contributed by atoms with Crippen LogP contribution in [0.2, 0.25) is 0 Å². The van der Waals surface area contributed by atoms with Gasteiger partial charge in [-0.2, -0.15) is 4.31 Å². The van der Waals surface area contributed by atoms with Gasteiger partial charge in [0.2, 0.25) is 10.0 Å². The van der Waals surface area contributed by atoms with Crippen LogP contribution in [0.4, 0.5) is 14.6 Å². The largest absolute Gasteiger partial charge is 0.353 e. The number of aromatic nitrogens is 2. The number of halogens is 2. The summed E-state index contributed by atoms with van der Waals surface area (Å²) < 4.78 is 53.5. The van der Waals surface area contributed by atoms with Crippen molar-refractivity contribution in [1.29, 1.82) is 0 Å². The van der Waals surface area contributed by atoms with Crippen molar-refractivity contribution < 1.29 is 17.2 Å². The summed E-state index contributed by atoms with van der Waals surface area (Å²) in [5.41, 5.74) is 0.628. The zero-order chi connectivity index (χ0) is 19.0. The van der Waals surface area contributed by atoms with Gasteiger partial charge in [-0.15, -0.1) is 0 Å². The SMILES string of the molecule is O=S(=O)(c1ccc(F)cc1)N1CCN(c2ncnc3ccc(F)cc23)CC1. The Morgan fingerprint density at radius 3 is 2.22 bits per heavy atom. The highest BCUT2D eigenvalue weighted by Gasteiger charge is 2.29. The molecule has 0 radical (unpaired) electrons. The number of hydrogen-bond acceptors (Lipinski definition) is 5. The fourth-order valence-corrected chi connectivity index (χ4v) is 4.59. The van der Waals surface area contributed by atoms with E-state index in [1.165, 1.54) is 34.9 Å². The van der Waals surface area contributed by atoms with E-state index in [0.717, 1.165) is 12.1 Å². The van der Waals surface area contributed by atoms with E-state index in [9.17, 15) is 17.2 Å². The first-order chi connectivity index (χ1) is 12.9. The molecule has 27 heavy (non-hydrogen) atoms. The fraction of sp³-hybridized carbons (Fsp3) is 0.222. The van der Waals surface area contributed by atoms with E-state index in [4.69, 9.17) is 0 Å². The lowest BCUT2D eigenvalue weighted by Gasteiger charge is -2.35. The van der Waals surface area contributed by atoms with Crippen LogP contribution < -0.4 is 4.90 Å². The minimum absolute atomic E-state index is 0.0620. The molecule has 0 atom stereocenters. The zero-order valence-electron chi connectivity index (χ0n) is 14.2. The number of benzene rings is 2. The van der Waals surface area contributed by atoms with Crippen LogP contribution in [-0.4, -0.2) is 48.9 Å². The van der Waals surface area contributed by atoms with Crippen LogP contribution in [0, 0.1) is 11.6 Å². The summed E-state index contributed by atoms with van der Waals surface area (Å²) in [6.45, 7) is 1.31. The molecule has 1 aliphatic rings. The van der Waals surface area contributed by atoms with Crippen LogP contribution in [-0.2, 0) is 10.0 Å². The van der Waals surface area contributed by atoms with Gasteiger partial charge in [0.15, 0.2) is 0 Å². The van der Waals surface area contributed by atoms with Crippen molar-refractivity contribution in [3.63, 3.8) is 0 Å². The lowest BCUT2D eigenvalue weighted by Crippen LogP contribution is -2.49. The molecule has 2 aromatic carbocycles. The highest BCUT2D eigenvalue weighted by molar-refractivity contribution is 7.89. The molecule has 3 aromatic rings. The lowest BCUT2D eigenvalue weighted by molar-refractivity contribution is 0.384. The maximum Gasteiger partial charge on any atom is 0.243 e. The summed E-state index contributed by atoms with van der Waals surface area (Å²) in [5.74, 6) is -0.281. The van der Waals surface area contributed by atoms with Crippen molar-refractivity contribution in [3.05, 3.63) is 60.4 Å². The van der Waals surface area contributed by atoms with Crippen molar-refractivity contribution in [2.45, 2.75) is 4.90 Å². The van der Waals surface area contributed by atoms with Gasteiger partial charge in [0.05, 0.1) is 10.4 Å². The number of sulfonamides is 1. The molecule has 0 amide bonds. The topological polar surface area (TPSA) is 66.4 Å². The molecule has 4 rings (SSSR count). The first kappa shape index (κ1) is 17.7. The number of piperazine rings is 1. The van der Waals surface area contributed by atoms with E-state index in [2.05, 4.69) is 9.97 Å². The number of hydrogen-bond donors (Lipinski definition) is 0. The van der Waals surface area contributed by atoms with E-state index in [1.54, 1.807) is 6.07 Å². The number of nitrogens with zero attached hydrogens (tertiary/aromatic N) is 4. The smallest absolute Gasteiger partial charge is 0.243 e. The third kappa shape index (κ3) is 3.35. The molecule has 0 aliphatic carbocycles. The molecule has 0 bridgehead atoms. The minimum Gasteiger partial charge on any atom is -0.353 e. The monoisotopic (exact) mass is 390 g/mol. The third-order valence-electron chi connectivity index (χ3n) is 4.57. The summed E-state index contributed by atoms with van der Waals surface area (Å²) >= 11 is 0. The molecule has 1 aromatic heterocycles. The Morgan fingerprint density at radius 1 is 0.852 bits per heavy atom. The normalized spacial score (nSPS) is 16.0. The Hall–Kier alpha value is -2.65. The Morgan fingerprint density at radius 2 is 1.52 bits per heavy atom. The average molecular weight is 390 g/mol. The van der Waals surface area contributed by atoms with E-state index in [-0.39, 0.29) is 23.8 Å². The molecule has 1 aliphatic heterocycles. The van der Waals surface area contributed by atoms with Gasteiger partial charge in [0, 0.05) is 31.6 Å². The van der Waals surface area contributed by atoms with Crippen LogP contribution in [0.25, 0.3) is 10.9 Å². The second-order valence-electron chi connectivity index (χ2n) is 6.20. The van der Waals surface area contributed by atoms with Gasteiger partial charge in [-0.05, 0) is 42.5 Å². The lowest BCUT2D eigenvalue weighted by atomic mass is 10.2. The Bertz CT molecular complexity index is 1080. The molecule has 9 heteroatoms. The second-order valence-corrected chi connectivity index (χ2v) is 8.14. The maximum absolute atomic E-state index is 13.6. The molecule has 0 N–H and O–H groups in total. The van der Waals surface area contributed by atoms with Gasteiger partial charge in [-0.3, -0.25) is 0 Å². The number of rotatable bonds is 3. The predicted molar refractivity (Wildman–Crippen MR) is 96.9 cm³/mol. The van der Waals surface area contributed by atoms with Crippen LogP contribution >= 0.6 is 0 Å². The zero-order valence-corrected chi connectivity index (χ0v) is 15.0. The molecule has 0 saturated carbocycles. The molecule has 0 unspecified atom stereocenters. The van der Waals surface area contributed by atoms with Gasteiger partial charge >= 0.3 is 0 Å². The summed E-state index contributed by atoms with van der Waals surface area (Å²) in [5, 5.41) is 0.590. The second kappa shape index (κ2) is 6.82. The van der Waals surface area contributed by atoms with Gasteiger partial charge < -0.3 is 4.90 Å². The van der Waals surface area contributed by atoms with Crippen molar-refractivity contribution in [2.75, 3.05) is 31.1 Å². The van der Waals surface area contributed by atoms with E-state index >= 15 is 0 Å². The summed E-state index contributed by atoms with van der Waals surface area (Å²) in [6.07, 6.45) is 1.41. The maximum atomic E-state index is 13.6.